The van der Waals surface area contributed by atoms with Gasteiger partial charge in [0.1, 0.15) is 24.7 Å². The number of aromatic nitrogens is 5. The minimum atomic E-state index is -0.938. The molecule has 0 N–H and O–H groups in total. The Morgan fingerprint density at radius 1 is 0.897 bits per heavy atom. The van der Waals surface area contributed by atoms with Crippen LogP contribution >= 0.6 is 0 Å². The lowest BCUT2D eigenvalue weighted by Crippen LogP contribution is -2.43. The molecular weight excluding hydrogens is 513 g/mol. The van der Waals surface area contributed by atoms with Crippen LogP contribution in [0.2, 0.25) is 0 Å². The molecule has 0 aliphatic carbocycles. The number of fused-ring (bicyclic) bond motifs is 3. The molecule has 0 amide bonds. The van der Waals surface area contributed by atoms with Crippen molar-refractivity contribution in [3.05, 3.63) is 81.4 Å². The Morgan fingerprint density at radius 3 is 2.18 bits per heavy atom. The Morgan fingerprint density at radius 2 is 1.54 bits per heavy atom. The molecule has 2 aromatic carbocycles. The summed E-state index contributed by atoms with van der Waals surface area (Å²) in [5.41, 5.74) is -0.271. The summed E-state index contributed by atoms with van der Waals surface area (Å²) >= 11 is 0. The van der Waals surface area contributed by atoms with Gasteiger partial charge in [-0.2, -0.15) is 4.98 Å². The molecule has 12 nitrogen and oxygen atoms in total. The van der Waals surface area contributed by atoms with E-state index in [-0.39, 0.29) is 16.9 Å². The van der Waals surface area contributed by atoms with Crippen molar-refractivity contribution in [3.8, 4) is 22.7 Å². The van der Waals surface area contributed by atoms with E-state index in [9.17, 15) is 23.6 Å². The highest BCUT2D eigenvalue weighted by Gasteiger charge is 2.26. The average Bonchev–Trinajstić information content (AvgIpc) is 3.49. The molecule has 3 heterocycles. The number of carbonyl (C=O) groups is 2. The van der Waals surface area contributed by atoms with E-state index in [0.29, 0.717) is 27.3 Å². The lowest BCUT2D eigenvalue weighted by atomic mass is 10.1. The monoisotopic (exact) mass is 535 g/mol. The molecule has 39 heavy (non-hydrogen) atoms. The number of ether oxygens (including phenoxy) is 3. The van der Waals surface area contributed by atoms with Gasteiger partial charge in [0.25, 0.3) is 5.56 Å². The molecule has 0 saturated carbocycles. The topological polar surface area (TPSA) is 128 Å². The van der Waals surface area contributed by atoms with Crippen molar-refractivity contribution in [3.63, 3.8) is 0 Å². The first-order valence-corrected chi connectivity index (χ1v) is 11.6. The van der Waals surface area contributed by atoms with E-state index >= 15 is 0 Å². The Hall–Kier alpha value is -5.20. The van der Waals surface area contributed by atoms with Crippen molar-refractivity contribution in [2.45, 2.75) is 13.1 Å². The van der Waals surface area contributed by atoms with Gasteiger partial charge in [0.2, 0.25) is 5.78 Å². The van der Waals surface area contributed by atoms with E-state index in [1.165, 1.54) is 23.6 Å². The molecule has 200 valence electrons. The first kappa shape index (κ1) is 25.4. The van der Waals surface area contributed by atoms with Crippen LogP contribution in [0.4, 0.5) is 4.39 Å². The van der Waals surface area contributed by atoms with Gasteiger partial charge in [0, 0.05) is 11.8 Å². The normalized spacial score (nSPS) is 11.2. The van der Waals surface area contributed by atoms with E-state index < -0.39 is 42.1 Å². The van der Waals surface area contributed by atoms with Crippen LogP contribution in [0, 0.1) is 5.82 Å². The quantitative estimate of drug-likeness (QED) is 0.289. The minimum absolute atomic E-state index is 0.0746. The Bertz CT molecular complexity index is 1860. The van der Waals surface area contributed by atoms with Gasteiger partial charge in [-0.05, 0) is 36.4 Å². The van der Waals surface area contributed by atoms with Gasteiger partial charge in [0.05, 0.1) is 32.7 Å². The zero-order valence-electron chi connectivity index (χ0n) is 21.1. The smallest absolute Gasteiger partial charge is 0.333 e. The van der Waals surface area contributed by atoms with Crippen LogP contribution in [0.5, 0.6) is 5.75 Å². The third-order valence-corrected chi connectivity index (χ3v) is 6.23. The van der Waals surface area contributed by atoms with Crippen LogP contribution in [0.15, 0.2) is 64.3 Å². The summed E-state index contributed by atoms with van der Waals surface area (Å²) in [5, 5.41) is 0. The van der Waals surface area contributed by atoms with Crippen molar-refractivity contribution in [2.75, 3.05) is 21.3 Å². The van der Waals surface area contributed by atoms with Gasteiger partial charge in [-0.1, -0.05) is 12.1 Å². The lowest BCUT2D eigenvalue weighted by Gasteiger charge is -2.13. The molecule has 0 bridgehead atoms. The largest absolute Gasteiger partial charge is 0.495 e. The van der Waals surface area contributed by atoms with Crippen molar-refractivity contribution in [1.29, 1.82) is 0 Å². The molecule has 0 saturated heterocycles. The zero-order chi connectivity index (χ0) is 27.8. The van der Waals surface area contributed by atoms with E-state index in [0.717, 1.165) is 18.8 Å². The predicted octanol–water partition coefficient (Wildman–Crippen LogP) is 1.76. The van der Waals surface area contributed by atoms with Crippen LogP contribution in [-0.2, 0) is 32.2 Å². The summed E-state index contributed by atoms with van der Waals surface area (Å²) in [5.74, 6) is -1.36. The maximum atomic E-state index is 13.7. The summed E-state index contributed by atoms with van der Waals surface area (Å²) < 4.78 is 33.5. The van der Waals surface area contributed by atoms with Crippen LogP contribution < -0.4 is 16.0 Å². The molecule has 5 rings (SSSR count). The zero-order valence-corrected chi connectivity index (χ0v) is 21.1. The first-order chi connectivity index (χ1) is 18.8. The number of benzene rings is 2. The third kappa shape index (κ3) is 4.23. The molecule has 0 aliphatic rings. The highest BCUT2D eigenvalue weighted by atomic mass is 19.1. The number of imidazole rings is 2. The van der Waals surface area contributed by atoms with Gasteiger partial charge in [-0.3, -0.25) is 27.9 Å². The van der Waals surface area contributed by atoms with Crippen molar-refractivity contribution in [1.82, 2.24) is 23.1 Å². The number of rotatable bonds is 7. The number of para-hydroxylation sites is 2. The van der Waals surface area contributed by atoms with Gasteiger partial charge >= 0.3 is 17.6 Å². The van der Waals surface area contributed by atoms with E-state index in [4.69, 9.17) is 9.47 Å². The fraction of sp³-hybridized carbons (Fsp3) is 0.192. The maximum Gasteiger partial charge on any atom is 0.333 e. The fourth-order valence-corrected chi connectivity index (χ4v) is 4.36. The van der Waals surface area contributed by atoms with Crippen molar-refractivity contribution in [2.24, 2.45) is 0 Å². The van der Waals surface area contributed by atoms with Gasteiger partial charge in [-0.25, -0.2) is 13.8 Å². The van der Waals surface area contributed by atoms with E-state index in [1.54, 1.807) is 47.2 Å². The first-order valence-electron chi connectivity index (χ1n) is 11.6. The number of carbonyl (C=O) groups excluding carboxylic acids is 2. The highest BCUT2D eigenvalue weighted by Crippen LogP contribution is 2.33. The van der Waals surface area contributed by atoms with E-state index in [2.05, 4.69) is 9.72 Å². The molecule has 0 atom stereocenters. The SMILES string of the molecule is COC(=O)Cn1c(=O)c2c(nc3n(-c4ccccc4OC)c(-c4ccc(F)cc4)cn23)n(CC(=O)OC)c1=O. The fourth-order valence-electron chi connectivity index (χ4n) is 4.36. The summed E-state index contributed by atoms with van der Waals surface area (Å²) in [4.78, 5) is 55.8. The number of hydrogen-bond donors (Lipinski definition) is 0. The maximum absolute atomic E-state index is 13.7. The second kappa shape index (κ2) is 9.93. The Labute approximate surface area is 219 Å². The Balaban J connectivity index is 1.94. The molecule has 0 radical (unpaired) electrons. The number of methoxy groups -OCH3 is 3. The molecule has 13 heteroatoms. The average molecular weight is 535 g/mol. The number of hydrogen-bond acceptors (Lipinski definition) is 8. The van der Waals surface area contributed by atoms with Gasteiger partial charge in [-0.15, -0.1) is 0 Å². The molecule has 0 spiro atoms. The standard InChI is InChI=1S/C26H22FN5O7/c1-37-19-7-5-4-6-17(19)32-18(15-8-10-16(27)11-9-15)12-29-22-23(28-25(29)32)30(13-20(33)38-2)26(36)31(24(22)35)14-21(34)39-3/h4-12H,13-14H2,1-3H3. The molecule has 0 unspecified atom stereocenters. The highest BCUT2D eigenvalue weighted by molar-refractivity contribution is 5.81. The predicted molar refractivity (Wildman–Crippen MR) is 137 cm³/mol. The van der Waals surface area contributed by atoms with Crippen LogP contribution in [0.25, 0.3) is 33.9 Å². The van der Waals surface area contributed by atoms with Crippen LogP contribution in [-0.4, -0.2) is 56.4 Å². The Kier molecular flexibility index (Phi) is 6.48. The molecule has 0 fully saturated rings. The lowest BCUT2D eigenvalue weighted by molar-refractivity contribution is -0.141. The minimum Gasteiger partial charge on any atom is -0.495 e. The summed E-state index contributed by atoms with van der Waals surface area (Å²) in [6.45, 7) is -1.25. The van der Waals surface area contributed by atoms with Gasteiger partial charge < -0.3 is 14.2 Å². The molecule has 5 aromatic rings. The molecule has 3 aromatic heterocycles. The number of halogens is 1. The van der Waals surface area contributed by atoms with E-state index in [1.807, 2.05) is 0 Å². The summed E-state index contributed by atoms with van der Waals surface area (Å²) in [7, 11) is 3.78. The van der Waals surface area contributed by atoms with Crippen molar-refractivity contribution < 1.29 is 28.2 Å². The number of esters is 2. The van der Waals surface area contributed by atoms with Crippen LogP contribution in [0.3, 0.4) is 0 Å². The molecular formula is C26H22FN5O7. The van der Waals surface area contributed by atoms with Gasteiger partial charge in [0.15, 0.2) is 11.2 Å². The number of nitrogens with zero attached hydrogens (tertiary/aromatic N) is 5. The second-order valence-electron chi connectivity index (χ2n) is 8.39. The van der Waals surface area contributed by atoms with Crippen molar-refractivity contribution >= 4 is 28.9 Å². The van der Waals surface area contributed by atoms with Crippen LogP contribution in [0.1, 0.15) is 0 Å². The summed E-state index contributed by atoms with van der Waals surface area (Å²) in [6.07, 6.45) is 1.60. The summed E-state index contributed by atoms with van der Waals surface area (Å²) in [6, 6.07) is 12.8. The second-order valence-corrected chi connectivity index (χ2v) is 8.39. The molecule has 0 aliphatic heterocycles. The third-order valence-electron chi connectivity index (χ3n) is 6.23.